The second-order valence-corrected chi connectivity index (χ2v) is 19.5. The van der Waals surface area contributed by atoms with E-state index in [2.05, 4.69) is 13.8 Å². The molecule has 0 spiro atoms. The Labute approximate surface area is 368 Å². The highest BCUT2D eigenvalue weighted by Gasteiger charge is 2.33. The highest BCUT2D eigenvalue weighted by atomic mass is 19.2. The highest BCUT2D eigenvalue weighted by molar-refractivity contribution is 5.36. The van der Waals surface area contributed by atoms with Crippen LogP contribution in [0.3, 0.4) is 0 Å². The molecular formula is C53H82F4O4. The summed E-state index contributed by atoms with van der Waals surface area (Å²) in [7, 11) is 0. The lowest BCUT2D eigenvalue weighted by atomic mass is 9.69. The Hall–Kier alpha value is -2.64. The van der Waals surface area contributed by atoms with Crippen molar-refractivity contribution in [2.24, 2.45) is 47.3 Å². The predicted octanol–water partition coefficient (Wildman–Crippen LogP) is 16.3. The van der Waals surface area contributed by atoms with Crippen molar-refractivity contribution < 1.29 is 36.5 Å². The first kappa shape index (κ1) is 49.4. The van der Waals surface area contributed by atoms with Gasteiger partial charge in [-0.1, -0.05) is 98.3 Å². The maximum absolute atomic E-state index is 14.4. The van der Waals surface area contributed by atoms with E-state index in [1.165, 1.54) is 133 Å². The molecule has 4 saturated carbocycles. The van der Waals surface area contributed by atoms with E-state index >= 15 is 0 Å². The number of rotatable bonds is 21. The molecule has 0 atom stereocenters. The van der Waals surface area contributed by atoms with Crippen molar-refractivity contribution in [1.82, 2.24) is 0 Å². The molecule has 0 N–H and O–H groups in total. The Kier molecular flexibility index (Phi) is 21.7. The smallest absolute Gasteiger partial charge is 0.204 e. The molecule has 4 aliphatic carbocycles. The average Bonchev–Trinajstić information content (AvgIpc) is 3.29. The molecule has 2 aromatic carbocycles. The number of hydrogen-bond donors (Lipinski definition) is 0. The summed E-state index contributed by atoms with van der Waals surface area (Å²) in [5.41, 5.74) is 0. The first-order valence-corrected chi connectivity index (χ1v) is 25.2. The summed E-state index contributed by atoms with van der Waals surface area (Å²) >= 11 is 0. The molecule has 0 amide bonds. The van der Waals surface area contributed by atoms with Gasteiger partial charge < -0.3 is 18.9 Å². The molecule has 0 aromatic heterocycles. The lowest BCUT2D eigenvalue weighted by molar-refractivity contribution is 0.120. The maximum atomic E-state index is 14.4. The Morgan fingerprint density at radius 3 is 0.967 bits per heavy atom. The van der Waals surface area contributed by atoms with Crippen LogP contribution in [0.4, 0.5) is 17.6 Å². The minimum atomic E-state index is -0.939. The van der Waals surface area contributed by atoms with E-state index in [0.717, 1.165) is 86.9 Å². The van der Waals surface area contributed by atoms with Crippen LogP contribution in [0.2, 0.25) is 0 Å². The summed E-state index contributed by atoms with van der Waals surface area (Å²) in [6.07, 6.45) is 31.4. The molecule has 61 heavy (non-hydrogen) atoms. The highest BCUT2D eigenvalue weighted by Crippen LogP contribution is 2.44. The summed E-state index contributed by atoms with van der Waals surface area (Å²) in [4.78, 5) is 0. The minimum Gasteiger partial charge on any atom is -0.490 e. The van der Waals surface area contributed by atoms with Crippen LogP contribution >= 0.6 is 0 Å². The fourth-order valence-electron chi connectivity index (χ4n) is 11.0. The standard InChI is InChI=1S/C27H42F2O2.C26H40F2O2/c1-3-5-7-20-8-12-22(13-9-20)23-14-10-21(11-15-23)19-31-25-17-16-24(26(28)27(25)29)30-18-6-4-2;1-3-5-17-29-23-15-16-24(26(28)25(23)27)30-18-20-9-13-22(14-10-20)21-11-7-19(6-4-2)8-12-21/h16-17,20-23H,3-15,18-19H2,1-2H3;15-16,19-22H,3-14,17-18H2,1-2H3/t20-,21?,22-,23?;19-,20?,21-,22?. The van der Waals surface area contributed by atoms with Crippen LogP contribution in [-0.2, 0) is 0 Å². The first-order valence-electron chi connectivity index (χ1n) is 25.2. The number of halogens is 4. The topological polar surface area (TPSA) is 36.9 Å². The molecule has 6 rings (SSSR count). The third-order valence-corrected chi connectivity index (χ3v) is 15.0. The van der Waals surface area contributed by atoms with Crippen molar-refractivity contribution in [3.8, 4) is 23.0 Å². The summed E-state index contributed by atoms with van der Waals surface area (Å²) < 4.78 is 79.2. The summed E-state index contributed by atoms with van der Waals surface area (Å²) in [5, 5.41) is 0. The van der Waals surface area contributed by atoms with Gasteiger partial charge in [0, 0.05) is 0 Å². The molecule has 0 saturated heterocycles. The summed E-state index contributed by atoms with van der Waals surface area (Å²) in [6, 6.07) is 5.97. The SMILES string of the molecule is CCCCOc1ccc(OCC2CCC([C@H]3CC[C@H](CCC)CC3)CC2)c(F)c1F.CCCCOc1ccc(OCC2CCC([C@H]3CC[C@H](CCCC)CC3)CC2)c(F)c1F. The van der Waals surface area contributed by atoms with Gasteiger partial charge in [0.1, 0.15) is 0 Å². The van der Waals surface area contributed by atoms with Gasteiger partial charge in [-0.2, -0.15) is 17.6 Å². The molecule has 4 aliphatic rings. The van der Waals surface area contributed by atoms with Gasteiger partial charge in [-0.15, -0.1) is 0 Å². The average molecular weight is 859 g/mol. The van der Waals surface area contributed by atoms with Gasteiger partial charge in [0.15, 0.2) is 23.0 Å². The van der Waals surface area contributed by atoms with Gasteiger partial charge in [0.05, 0.1) is 26.4 Å². The molecule has 4 fully saturated rings. The quantitative estimate of drug-likeness (QED) is 0.0926. The van der Waals surface area contributed by atoms with Crippen molar-refractivity contribution in [3.63, 3.8) is 0 Å². The second kappa shape index (κ2) is 26.9. The van der Waals surface area contributed by atoms with Gasteiger partial charge >= 0.3 is 0 Å². The fourth-order valence-corrected chi connectivity index (χ4v) is 11.0. The molecule has 0 unspecified atom stereocenters. The van der Waals surface area contributed by atoms with Crippen LogP contribution in [0.1, 0.15) is 188 Å². The number of ether oxygens (including phenoxy) is 4. The van der Waals surface area contributed by atoms with E-state index in [1.54, 1.807) is 0 Å². The third kappa shape index (κ3) is 15.5. The zero-order valence-electron chi connectivity index (χ0n) is 38.6. The van der Waals surface area contributed by atoms with Crippen molar-refractivity contribution in [1.29, 1.82) is 0 Å². The van der Waals surface area contributed by atoms with Gasteiger partial charge in [-0.3, -0.25) is 0 Å². The Bertz CT molecular complexity index is 1500. The lowest BCUT2D eigenvalue weighted by Gasteiger charge is -2.38. The molecule has 0 bridgehead atoms. The number of unbranched alkanes of at least 4 members (excludes halogenated alkanes) is 3. The van der Waals surface area contributed by atoms with Crippen LogP contribution in [0.15, 0.2) is 24.3 Å². The largest absolute Gasteiger partial charge is 0.490 e. The van der Waals surface area contributed by atoms with Crippen LogP contribution in [0.5, 0.6) is 23.0 Å². The van der Waals surface area contributed by atoms with Crippen LogP contribution in [0.25, 0.3) is 0 Å². The zero-order valence-corrected chi connectivity index (χ0v) is 38.6. The van der Waals surface area contributed by atoms with Crippen molar-refractivity contribution in [2.45, 2.75) is 188 Å². The van der Waals surface area contributed by atoms with Gasteiger partial charge in [0.25, 0.3) is 0 Å². The predicted molar refractivity (Wildman–Crippen MR) is 241 cm³/mol. The van der Waals surface area contributed by atoms with Crippen molar-refractivity contribution in [3.05, 3.63) is 47.5 Å². The van der Waals surface area contributed by atoms with Crippen LogP contribution in [0, 0.1) is 70.6 Å². The molecule has 0 radical (unpaired) electrons. The van der Waals surface area contributed by atoms with Gasteiger partial charge in [-0.05, 0) is 162 Å². The molecular weight excluding hydrogens is 777 g/mol. The van der Waals surface area contributed by atoms with E-state index in [-0.39, 0.29) is 23.0 Å². The first-order chi connectivity index (χ1) is 29.7. The van der Waals surface area contributed by atoms with Crippen LogP contribution in [-0.4, -0.2) is 26.4 Å². The second-order valence-electron chi connectivity index (χ2n) is 19.5. The molecule has 346 valence electrons. The molecule has 2 aromatic rings. The monoisotopic (exact) mass is 859 g/mol. The lowest BCUT2D eigenvalue weighted by Crippen LogP contribution is -2.27. The third-order valence-electron chi connectivity index (χ3n) is 15.0. The maximum Gasteiger partial charge on any atom is 0.204 e. The zero-order chi connectivity index (χ0) is 43.4. The van der Waals surface area contributed by atoms with Gasteiger partial charge in [0.2, 0.25) is 23.3 Å². The minimum absolute atomic E-state index is 0.00621. The summed E-state index contributed by atoms with van der Waals surface area (Å²) in [6.45, 7) is 10.4. The normalized spacial score (nSPS) is 26.8. The molecule has 0 heterocycles. The van der Waals surface area contributed by atoms with Crippen molar-refractivity contribution in [2.75, 3.05) is 26.4 Å². The van der Waals surface area contributed by atoms with Crippen molar-refractivity contribution >= 4 is 0 Å². The molecule has 0 aliphatic heterocycles. The Morgan fingerprint density at radius 2 is 0.656 bits per heavy atom. The van der Waals surface area contributed by atoms with E-state index in [4.69, 9.17) is 18.9 Å². The molecule has 4 nitrogen and oxygen atoms in total. The van der Waals surface area contributed by atoms with Gasteiger partial charge in [-0.25, -0.2) is 0 Å². The Balaban J connectivity index is 0.000000231. The fraction of sp³-hybridized carbons (Fsp3) is 0.774. The number of hydrogen-bond acceptors (Lipinski definition) is 4. The molecule has 8 heteroatoms. The van der Waals surface area contributed by atoms with E-state index in [0.29, 0.717) is 38.3 Å². The number of benzene rings is 2. The van der Waals surface area contributed by atoms with E-state index in [1.807, 2.05) is 13.8 Å². The van der Waals surface area contributed by atoms with E-state index in [9.17, 15) is 17.6 Å². The Morgan fingerprint density at radius 1 is 0.361 bits per heavy atom. The van der Waals surface area contributed by atoms with E-state index < -0.39 is 23.3 Å². The summed E-state index contributed by atoms with van der Waals surface area (Å²) in [5.74, 6) is 2.59. The van der Waals surface area contributed by atoms with Crippen LogP contribution < -0.4 is 18.9 Å².